The minimum absolute atomic E-state index is 0.185. The number of anilines is 1. The number of fused-ring (bicyclic) bond motifs is 1. The molecule has 0 radical (unpaired) electrons. The van der Waals surface area contributed by atoms with Gasteiger partial charge in [0.2, 0.25) is 0 Å². The summed E-state index contributed by atoms with van der Waals surface area (Å²) in [5.74, 6) is 2.33. The Bertz CT molecular complexity index is 1050. The van der Waals surface area contributed by atoms with Gasteiger partial charge in [0.1, 0.15) is 11.6 Å². The number of nitrogen functional groups attached to an aromatic ring is 1. The quantitative estimate of drug-likeness (QED) is 0.585. The molecule has 6 nitrogen and oxygen atoms in total. The minimum Gasteiger partial charge on any atom is -0.384 e. The van der Waals surface area contributed by atoms with Crippen LogP contribution in [0.25, 0.3) is 11.4 Å². The number of benzene rings is 2. The Labute approximate surface area is 169 Å². The van der Waals surface area contributed by atoms with Gasteiger partial charge in [0, 0.05) is 24.8 Å². The van der Waals surface area contributed by atoms with Crippen molar-refractivity contribution >= 4 is 5.82 Å². The predicted octanol–water partition coefficient (Wildman–Crippen LogP) is 3.53. The number of hydrogen-bond donors (Lipinski definition) is 1. The Kier molecular flexibility index (Phi) is 4.54. The third kappa shape index (κ3) is 3.39. The molecule has 5 rings (SSSR count). The SMILES string of the molecule is Nc1ccc(-c2nnc3n2CCN(C(c2ccccc2)c2ccccc2)C3)cn1. The van der Waals surface area contributed by atoms with E-state index in [1.54, 1.807) is 12.3 Å². The van der Waals surface area contributed by atoms with E-state index in [1.165, 1.54) is 11.1 Å². The molecule has 0 unspecified atom stereocenters. The van der Waals surface area contributed by atoms with Crippen LogP contribution in [0.15, 0.2) is 79.0 Å². The summed E-state index contributed by atoms with van der Waals surface area (Å²) in [7, 11) is 0. The van der Waals surface area contributed by atoms with Crippen LogP contribution in [0.2, 0.25) is 0 Å². The molecule has 2 aromatic heterocycles. The molecule has 0 fully saturated rings. The molecule has 0 saturated carbocycles. The van der Waals surface area contributed by atoms with E-state index >= 15 is 0 Å². The minimum atomic E-state index is 0.185. The second-order valence-electron chi connectivity index (χ2n) is 7.26. The standard InChI is InChI=1S/C23H22N6/c24-20-12-11-19(15-25-20)23-27-26-21-16-28(13-14-29(21)23)22(17-7-3-1-4-8-17)18-9-5-2-6-10-18/h1-12,15,22H,13-14,16H2,(H2,24,25). The smallest absolute Gasteiger partial charge is 0.165 e. The molecule has 0 bridgehead atoms. The maximum Gasteiger partial charge on any atom is 0.165 e. The van der Waals surface area contributed by atoms with E-state index in [0.29, 0.717) is 5.82 Å². The van der Waals surface area contributed by atoms with E-state index in [0.717, 1.165) is 36.8 Å². The van der Waals surface area contributed by atoms with Gasteiger partial charge in [0.15, 0.2) is 5.82 Å². The van der Waals surface area contributed by atoms with Crippen molar-refractivity contribution < 1.29 is 0 Å². The molecule has 1 aliphatic rings. The zero-order valence-corrected chi connectivity index (χ0v) is 16.0. The molecule has 4 aromatic rings. The van der Waals surface area contributed by atoms with Crippen molar-refractivity contribution in [3.8, 4) is 11.4 Å². The number of hydrogen-bond acceptors (Lipinski definition) is 5. The highest BCUT2D eigenvalue weighted by atomic mass is 15.3. The summed E-state index contributed by atoms with van der Waals surface area (Å²) < 4.78 is 2.19. The van der Waals surface area contributed by atoms with E-state index in [1.807, 2.05) is 6.07 Å². The average molecular weight is 382 g/mol. The highest BCUT2D eigenvalue weighted by Gasteiger charge is 2.28. The van der Waals surface area contributed by atoms with Crippen LogP contribution < -0.4 is 5.73 Å². The lowest BCUT2D eigenvalue weighted by atomic mass is 9.96. The monoisotopic (exact) mass is 382 g/mol. The fourth-order valence-corrected chi connectivity index (χ4v) is 4.03. The number of nitrogens with two attached hydrogens (primary N) is 1. The molecule has 0 spiro atoms. The second-order valence-corrected chi connectivity index (χ2v) is 7.26. The lowest BCUT2D eigenvalue weighted by Crippen LogP contribution is -2.37. The molecular weight excluding hydrogens is 360 g/mol. The number of aromatic nitrogens is 4. The Morgan fingerprint density at radius 3 is 2.10 bits per heavy atom. The Morgan fingerprint density at radius 2 is 1.48 bits per heavy atom. The van der Waals surface area contributed by atoms with Gasteiger partial charge in [-0.3, -0.25) is 4.90 Å². The van der Waals surface area contributed by atoms with Crippen molar-refractivity contribution in [1.29, 1.82) is 0 Å². The van der Waals surface area contributed by atoms with Gasteiger partial charge in [-0.2, -0.15) is 0 Å². The van der Waals surface area contributed by atoms with Crippen molar-refractivity contribution in [3.63, 3.8) is 0 Å². The van der Waals surface area contributed by atoms with Gasteiger partial charge in [0.25, 0.3) is 0 Å². The maximum atomic E-state index is 5.72. The first-order valence-corrected chi connectivity index (χ1v) is 9.77. The van der Waals surface area contributed by atoms with Crippen molar-refractivity contribution in [1.82, 2.24) is 24.6 Å². The predicted molar refractivity (Wildman–Crippen MR) is 113 cm³/mol. The van der Waals surface area contributed by atoms with E-state index in [4.69, 9.17) is 5.73 Å². The van der Waals surface area contributed by atoms with Gasteiger partial charge in [-0.15, -0.1) is 10.2 Å². The van der Waals surface area contributed by atoms with Crippen LogP contribution in [-0.2, 0) is 13.1 Å². The summed E-state index contributed by atoms with van der Waals surface area (Å²) in [6.45, 7) is 2.48. The molecule has 2 aromatic carbocycles. The van der Waals surface area contributed by atoms with Gasteiger partial charge in [-0.1, -0.05) is 60.7 Å². The number of pyridine rings is 1. The normalized spacial score (nSPS) is 14.1. The van der Waals surface area contributed by atoms with E-state index < -0.39 is 0 Å². The van der Waals surface area contributed by atoms with Crippen LogP contribution in [0.5, 0.6) is 0 Å². The highest BCUT2D eigenvalue weighted by Crippen LogP contribution is 2.32. The van der Waals surface area contributed by atoms with Gasteiger partial charge in [0.05, 0.1) is 12.6 Å². The first-order chi connectivity index (χ1) is 14.3. The summed E-state index contributed by atoms with van der Waals surface area (Å²) in [5, 5.41) is 8.93. The topological polar surface area (TPSA) is 72.9 Å². The van der Waals surface area contributed by atoms with E-state index in [-0.39, 0.29) is 6.04 Å². The lowest BCUT2D eigenvalue weighted by Gasteiger charge is -2.35. The molecular formula is C23H22N6. The average Bonchev–Trinajstić information content (AvgIpc) is 3.19. The van der Waals surface area contributed by atoms with Crippen LogP contribution in [-0.4, -0.2) is 31.2 Å². The summed E-state index contributed by atoms with van der Waals surface area (Å²) in [4.78, 5) is 6.66. The summed E-state index contributed by atoms with van der Waals surface area (Å²) in [6.07, 6.45) is 1.76. The van der Waals surface area contributed by atoms with Crippen LogP contribution in [0, 0.1) is 0 Å². The van der Waals surface area contributed by atoms with Crippen LogP contribution in [0.1, 0.15) is 23.0 Å². The molecule has 0 atom stereocenters. The fourth-order valence-electron chi connectivity index (χ4n) is 4.03. The highest BCUT2D eigenvalue weighted by molar-refractivity contribution is 5.56. The third-order valence-corrected chi connectivity index (χ3v) is 5.42. The maximum absolute atomic E-state index is 5.72. The zero-order valence-electron chi connectivity index (χ0n) is 16.0. The molecule has 3 heterocycles. The fraction of sp³-hybridized carbons (Fsp3) is 0.174. The van der Waals surface area contributed by atoms with Gasteiger partial charge in [-0.25, -0.2) is 4.98 Å². The number of nitrogens with zero attached hydrogens (tertiary/aromatic N) is 5. The van der Waals surface area contributed by atoms with E-state index in [2.05, 4.69) is 85.3 Å². The molecule has 144 valence electrons. The van der Waals surface area contributed by atoms with Crippen LogP contribution in [0.4, 0.5) is 5.82 Å². The van der Waals surface area contributed by atoms with Crippen LogP contribution >= 0.6 is 0 Å². The molecule has 6 heteroatoms. The summed E-state index contributed by atoms with van der Waals surface area (Å²) in [6, 6.07) is 25.2. The van der Waals surface area contributed by atoms with Crippen molar-refractivity contribution in [2.45, 2.75) is 19.1 Å². The van der Waals surface area contributed by atoms with E-state index in [9.17, 15) is 0 Å². The zero-order chi connectivity index (χ0) is 19.6. The Balaban J connectivity index is 1.48. The van der Waals surface area contributed by atoms with Gasteiger partial charge < -0.3 is 10.3 Å². The molecule has 1 aliphatic heterocycles. The van der Waals surface area contributed by atoms with Gasteiger partial charge >= 0.3 is 0 Å². The van der Waals surface area contributed by atoms with Crippen LogP contribution in [0.3, 0.4) is 0 Å². The summed E-state index contributed by atoms with van der Waals surface area (Å²) >= 11 is 0. The Morgan fingerprint density at radius 1 is 0.793 bits per heavy atom. The molecule has 0 saturated heterocycles. The molecule has 0 amide bonds. The second kappa shape index (κ2) is 7.48. The molecule has 2 N–H and O–H groups in total. The van der Waals surface area contributed by atoms with Crippen molar-refractivity contribution in [3.05, 3.63) is 95.9 Å². The number of rotatable bonds is 4. The van der Waals surface area contributed by atoms with Crippen molar-refractivity contribution in [2.24, 2.45) is 0 Å². The first kappa shape index (κ1) is 17.6. The molecule has 29 heavy (non-hydrogen) atoms. The summed E-state index contributed by atoms with van der Waals surface area (Å²) in [5.41, 5.74) is 9.23. The third-order valence-electron chi connectivity index (χ3n) is 5.42. The van der Waals surface area contributed by atoms with Gasteiger partial charge in [-0.05, 0) is 23.3 Å². The molecule has 0 aliphatic carbocycles. The largest absolute Gasteiger partial charge is 0.384 e. The lowest BCUT2D eigenvalue weighted by molar-refractivity contribution is 0.176. The Hall–Kier alpha value is -3.51. The first-order valence-electron chi connectivity index (χ1n) is 9.77. The van der Waals surface area contributed by atoms with Crippen molar-refractivity contribution in [2.75, 3.05) is 12.3 Å².